The smallest absolute Gasteiger partial charge is 0.256 e. The lowest BCUT2D eigenvalue weighted by molar-refractivity contribution is 0.279. The summed E-state index contributed by atoms with van der Waals surface area (Å²) < 4.78 is 1.76. The van der Waals surface area contributed by atoms with Gasteiger partial charge in [0.05, 0.1) is 6.61 Å². The first-order valence-corrected chi connectivity index (χ1v) is 4.15. The molecule has 2 rings (SSSR count). The third-order valence-corrected chi connectivity index (χ3v) is 2.33. The second kappa shape index (κ2) is 2.75. The minimum Gasteiger partial charge on any atom is -0.391 e. The Balaban J connectivity index is 2.62. The van der Waals surface area contributed by atoms with Crippen molar-refractivity contribution in [2.75, 3.05) is 0 Å². The van der Waals surface area contributed by atoms with E-state index in [4.69, 9.17) is 5.11 Å². The maximum absolute atomic E-state index is 11.5. The zero-order chi connectivity index (χ0) is 8.55. The van der Waals surface area contributed by atoms with Crippen LogP contribution >= 0.6 is 0 Å². The normalized spacial score (nSPS) is 14.8. The molecule has 0 fully saturated rings. The highest BCUT2D eigenvalue weighted by Gasteiger charge is 2.12. The third-order valence-electron chi connectivity index (χ3n) is 2.33. The Labute approximate surface area is 70.3 Å². The molecule has 0 aromatic carbocycles. The molecular weight excluding hydrogens is 154 g/mol. The molecule has 1 N–H and O–H groups in total. The molecule has 1 aliphatic rings. The van der Waals surface area contributed by atoms with Crippen LogP contribution in [0, 0.1) is 0 Å². The van der Waals surface area contributed by atoms with Crippen molar-refractivity contribution in [1.82, 2.24) is 4.57 Å². The number of pyridine rings is 1. The van der Waals surface area contributed by atoms with E-state index in [9.17, 15) is 4.79 Å². The van der Waals surface area contributed by atoms with Crippen LogP contribution in [0.2, 0.25) is 0 Å². The maximum atomic E-state index is 11.5. The third kappa shape index (κ3) is 0.975. The summed E-state index contributed by atoms with van der Waals surface area (Å²) in [4.78, 5) is 11.5. The van der Waals surface area contributed by atoms with E-state index in [0.717, 1.165) is 25.1 Å². The van der Waals surface area contributed by atoms with Gasteiger partial charge in [-0.05, 0) is 25.0 Å². The first-order chi connectivity index (χ1) is 5.83. The lowest BCUT2D eigenvalue weighted by Crippen LogP contribution is -2.22. The number of hydrogen-bond acceptors (Lipinski definition) is 2. The summed E-state index contributed by atoms with van der Waals surface area (Å²) in [5.41, 5.74) is 1.57. The fourth-order valence-corrected chi connectivity index (χ4v) is 1.66. The van der Waals surface area contributed by atoms with Crippen molar-refractivity contribution in [3.05, 3.63) is 33.7 Å². The topological polar surface area (TPSA) is 42.2 Å². The zero-order valence-electron chi connectivity index (χ0n) is 6.79. The highest BCUT2D eigenvalue weighted by atomic mass is 16.3. The van der Waals surface area contributed by atoms with Crippen LogP contribution in [0.5, 0.6) is 0 Å². The number of hydrogen-bond donors (Lipinski definition) is 1. The highest BCUT2D eigenvalue weighted by Crippen LogP contribution is 2.11. The van der Waals surface area contributed by atoms with Gasteiger partial charge in [0.15, 0.2) is 0 Å². The molecule has 2 heterocycles. The number of aliphatic hydroxyl groups is 1. The Hall–Kier alpha value is -1.09. The van der Waals surface area contributed by atoms with Gasteiger partial charge in [0.25, 0.3) is 5.56 Å². The molecule has 0 saturated carbocycles. The van der Waals surface area contributed by atoms with Crippen LogP contribution in [-0.4, -0.2) is 9.67 Å². The van der Waals surface area contributed by atoms with Crippen molar-refractivity contribution >= 4 is 0 Å². The molecular formula is C9H11NO2. The van der Waals surface area contributed by atoms with Gasteiger partial charge in [0, 0.05) is 17.8 Å². The van der Waals surface area contributed by atoms with Crippen molar-refractivity contribution in [2.24, 2.45) is 0 Å². The number of nitrogens with zero attached hydrogens (tertiary/aromatic N) is 1. The average Bonchev–Trinajstić information content (AvgIpc) is 2.53. The van der Waals surface area contributed by atoms with Gasteiger partial charge in [-0.2, -0.15) is 0 Å². The van der Waals surface area contributed by atoms with Gasteiger partial charge in [-0.25, -0.2) is 0 Å². The van der Waals surface area contributed by atoms with E-state index < -0.39 is 0 Å². The minimum atomic E-state index is -0.154. The van der Waals surface area contributed by atoms with Gasteiger partial charge in [-0.1, -0.05) is 0 Å². The van der Waals surface area contributed by atoms with Gasteiger partial charge >= 0.3 is 0 Å². The van der Waals surface area contributed by atoms with Gasteiger partial charge in [-0.15, -0.1) is 0 Å². The van der Waals surface area contributed by atoms with Crippen molar-refractivity contribution in [3.8, 4) is 0 Å². The average molecular weight is 165 g/mol. The molecule has 0 saturated heterocycles. The summed E-state index contributed by atoms with van der Waals surface area (Å²) in [6.07, 6.45) is 2.03. The molecule has 3 nitrogen and oxygen atoms in total. The quantitative estimate of drug-likeness (QED) is 0.649. The van der Waals surface area contributed by atoms with Crippen molar-refractivity contribution in [1.29, 1.82) is 0 Å². The molecule has 0 spiro atoms. The second-order valence-electron chi connectivity index (χ2n) is 3.07. The number of aliphatic hydroxyl groups excluding tert-OH is 1. The summed E-state index contributed by atoms with van der Waals surface area (Å²) in [5, 5.41) is 8.84. The van der Waals surface area contributed by atoms with Gasteiger partial charge < -0.3 is 9.67 Å². The van der Waals surface area contributed by atoms with E-state index in [0.29, 0.717) is 5.56 Å². The second-order valence-corrected chi connectivity index (χ2v) is 3.07. The van der Waals surface area contributed by atoms with Crippen LogP contribution in [-0.2, 0) is 19.6 Å². The van der Waals surface area contributed by atoms with Crippen LogP contribution in [0.4, 0.5) is 0 Å². The lowest BCUT2D eigenvalue weighted by Gasteiger charge is -2.03. The molecule has 1 aliphatic heterocycles. The fraction of sp³-hybridized carbons (Fsp3) is 0.444. The summed E-state index contributed by atoms with van der Waals surface area (Å²) in [5.74, 6) is 0. The lowest BCUT2D eigenvalue weighted by atomic mass is 10.2. The van der Waals surface area contributed by atoms with E-state index in [1.54, 1.807) is 10.6 Å². The Kier molecular flexibility index (Phi) is 1.73. The first-order valence-electron chi connectivity index (χ1n) is 4.15. The van der Waals surface area contributed by atoms with E-state index in [2.05, 4.69) is 0 Å². The Morgan fingerprint density at radius 3 is 3.08 bits per heavy atom. The van der Waals surface area contributed by atoms with Crippen molar-refractivity contribution < 1.29 is 5.11 Å². The maximum Gasteiger partial charge on any atom is 0.256 e. The minimum absolute atomic E-state index is 0.0208. The molecule has 1 aromatic heterocycles. The van der Waals surface area contributed by atoms with Crippen molar-refractivity contribution in [2.45, 2.75) is 26.0 Å². The molecule has 3 heteroatoms. The molecule has 12 heavy (non-hydrogen) atoms. The molecule has 64 valence electrons. The summed E-state index contributed by atoms with van der Waals surface area (Å²) in [7, 11) is 0. The number of fused-ring (bicyclic) bond motifs is 1. The number of aryl methyl sites for hydroxylation is 1. The molecule has 0 unspecified atom stereocenters. The predicted molar refractivity (Wildman–Crippen MR) is 44.9 cm³/mol. The Morgan fingerprint density at radius 1 is 1.50 bits per heavy atom. The molecule has 1 aromatic rings. The monoisotopic (exact) mass is 165 g/mol. The summed E-state index contributed by atoms with van der Waals surface area (Å²) in [6, 6.07) is 3.65. The Morgan fingerprint density at radius 2 is 2.33 bits per heavy atom. The standard InChI is InChI=1S/C9H11NO2/c11-6-7-3-4-8-2-1-5-10(8)9(7)12/h3-4,11H,1-2,5-6H2. The Bertz CT molecular complexity index is 354. The van der Waals surface area contributed by atoms with Gasteiger partial charge in [0.2, 0.25) is 0 Å². The van der Waals surface area contributed by atoms with E-state index >= 15 is 0 Å². The van der Waals surface area contributed by atoms with E-state index in [1.807, 2.05) is 6.07 Å². The van der Waals surface area contributed by atoms with E-state index in [1.165, 1.54) is 0 Å². The van der Waals surface area contributed by atoms with Crippen LogP contribution in [0.1, 0.15) is 17.7 Å². The van der Waals surface area contributed by atoms with E-state index in [-0.39, 0.29) is 12.2 Å². The molecule has 0 atom stereocenters. The van der Waals surface area contributed by atoms with Crippen LogP contribution < -0.4 is 5.56 Å². The fourth-order valence-electron chi connectivity index (χ4n) is 1.66. The largest absolute Gasteiger partial charge is 0.391 e. The zero-order valence-corrected chi connectivity index (χ0v) is 6.79. The molecule has 0 radical (unpaired) electrons. The van der Waals surface area contributed by atoms with Gasteiger partial charge in [-0.3, -0.25) is 4.79 Å². The summed E-state index contributed by atoms with van der Waals surface area (Å²) in [6.45, 7) is 0.654. The van der Waals surface area contributed by atoms with Gasteiger partial charge in [0.1, 0.15) is 0 Å². The first kappa shape index (κ1) is 7.55. The number of aromatic nitrogens is 1. The highest BCUT2D eigenvalue weighted by molar-refractivity contribution is 5.17. The molecule has 0 bridgehead atoms. The summed E-state index contributed by atoms with van der Waals surface area (Å²) >= 11 is 0. The predicted octanol–water partition coefficient (Wildman–Crippen LogP) is 0.287. The number of rotatable bonds is 1. The van der Waals surface area contributed by atoms with Crippen LogP contribution in [0.3, 0.4) is 0 Å². The van der Waals surface area contributed by atoms with Crippen LogP contribution in [0.15, 0.2) is 16.9 Å². The SMILES string of the molecule is O=c1c(CO)ccc2n1CCC2. The molecule has 0 amide bonds. The van der Waals surface area contributed by atoms with Crippen LogP contribution in [0.25, 0.3) is 0 Å². The molecule has 0 aliphatic carbocycles. The van der Waals surface area contributed by atoms with Crippen molar-refractivity contribution in [3.63, 3.8) is 0 Å².